The zero-order chi connectivity index (χ0) is 28.6. The average Bonchev–Trinajstić information content (AvgIpc) is 3.52. The Labute approximate surface area is 245 Å². The lowest BCUT2D eigenvalue weighted by atomic mass is 10.1. The zero-order valence-electron chi connectivity index (χ0n) is 21.5. The summed E-state index contributed by atoms with van der Waals surface area (Å²) in [6, 6.07) is 13.4. The van der Waals surface area contributed by atoms with Gasteiger partial charge in [-0.25, -0.2) is 9.67 Å². The van der Waals surface area contributed by atoms with Crippen molar-refractivity contribution in [1.29, 1.82) is 0 Å². The maximum Gasteiger partial charge on any atom is 0.429 e. The largest absolute Gasteiger partial charge is 0.497 e. The number of rotatable bonds is 8. The molecule has 0 amide bonds. The first-order chi connectivity index (χ1) is 19.0. The summed E-state index contributed by atoms with van der Waals surface area (Å²) in [7, 11) is 1.59. The molecule has 12 heteroatoms. The Balaban J connectivity index is 1.58. The molecule has 0 aliphatic carbocycles. The predicted octanol–water partition coefficient (Wildman–Crippen LogP) is 8.82. The van der Waals surface area contributed by atoms with Gasteiger partial charge >= 0.3 is 6.18 Å². The molecule has 0 aliphatic heterocycles. The minimum Gasteiger partial charge on any atom is -0.497 e. The maximum atomic E-state index is 14.7. The van der Waals surface area contributed by atoms with E-state index in [9.17, 15) is 13.2 Å². The minimum atomic E-state index is -4.75. The zero-order valence-corrected chi connectivity index (χ0v) is 24.7. The molecule has 1 N–H and O–H groups in total. The van der Waals surface area contributed by atoms with E-state index in [1.165, 1.54) is 34.2 Å². The lowest BCUT2D eigenvalue weighted by Crippen LogP contribution is -2.28. The number of fused-ring (bicyclic) bond motifs is 1. The molecule has 5 aromatic rings. The van der Waals surface area contributed by atoms with Gasteiger partial charge in [-0.2, -0.15) is 18.3 Å². The van der Waals surface area contributed by atoms with E-state index in [4.69, 9.17) is 26.1 Å². The Morgan fingerprint density at radius 3 is 2.52 bits per heavy atom. The lowest BCUT2D eigenvalue weighted by molar-refractivity contribution is -0.197. The van der Waals surface area contributed by atoms with Crippen molar-refractivity contribution >= 4 is 54.9 Å². The van der Waals surface area contributed by atoms with Gasteiger partial charge in [0.05, 0.1) is 27.7 Å². The number of hydrogen-bond donors (Lipinski definition) is 1. The third-order valence-electron chi connectivity index (χ3n) is 6.24. The van der Waals surface area contributed by atoms with Crippen molar-refractivity contribution in [3.8, 4) is 17.2 Å². The third-order valence-corrected chi connectivity index (χ3v) is 8.35. The molecule has 208 valence electrons. The number of anilines is 1. The highest BCUT2D eigenvalue weighted by molar-refractivity contribution is 9.10. The first-order valence-electron chi connectivity index (χ1n) is 12.0. The number of methoxy groups -OCH3 is 1. The summed E-state index contributed by atoms with van der Waals surface area (Å²) in [5, 5.41) is 9.62. The van der Waals surface area contributed by atoms with Crippen LogP contribution in [0.5, 0.6) is 11.5 Å². The van der Waals surface area contributed by atoms with Crippen LogP contribution in [-0.4, -0.2) is 28.1 Å². The van der Waals surface area contributed by atoms with Crippen molar-refractivity contribution in [2.75, 3.05) is 12.4 Å². The molecule has 0 unspecified atom stereocenters. The molecule has 5 rings (SSSR count). The van der Waals surface area contributed by atoms with Crippen LogP contribution in [0.25, 0.3) is 15.9 Å². The number of ether oxygens (including phenoxy) is 2. The summed E-state index contributed by atoms with van der Waals surface area (Å²) in [6.07, 6.45) is -5.47. The fourth-order valence-electron chi connectivity index (χ4n) is 4.22. The molecule has 3 aromatic heterocycles. The van der Waals surface area contributed by atoms with Gasteiger partial charge in [0.1, 0.15) is 22.8 Å². The van der Waals surface area contributed by atoms with E-state index in [1.54, 1.807) is 38.6 Å². The van der Waals surface area contributed by atoms with Gasteiger partial charge in [0.2, 0.25) is 6.10 Å². The molecule has 40 heavy (non-hydrogen) atoms. The van der Waals surface area contributed by atoms with E-state index in [0.29, 0.717) is 38.3 Å². The Kier molecular flexibility index (Phi) is 7.98. The highest BCUT2D eigenvalue weighted by atomic mass is 79.9. The van der Waals surface area contributed by atoms with Crippen molar-refractivity contribution < 1.29 is 22.6 Å². The molecular weight excluding hydrogens is 629 g/mol. The molecule has 0 saturated carbocycles. The molecule has 0 saturated heterocycles. The quantitative estimate of drug-likeness (QED) is 0.182. The van der Waals surface area contributed by atoms with Crippen LogP contribution >= 0.6 is 38.9 Å². The first-order valence-corrected chi connectivity index (χ1v) is 14.1. The highest BCUT2D eigenvalue weighted by Gasteiger charge is 2.45. The summed E-state index contributed by atoms with van der Waals surface area (Å²) in [5.74, 6) is 1.23. The van der Waals surface area contributed by atoms with E-state index in [2.05, 4.69) is 26.3 Å². The van der Waals surface area contributed by atoms with Crippen LogP contribution < -0.4 is 14.8 Å². The number of halogens is 5. The summed E-state index contributed by atoms with van der Waals surface area (Å²) in [5.41, 5.74) is 2.61. The molecule has 0 aliphatic rings. The van der Waals surface area contributed by atoms with Crippen LogP contribution in [0.2, 0.25) is 5.02 Å². The van der Waals surface area contributed by atoms with E-state index in [0.717, 1.165) is 11.3 Å². The van der Waals surface area contributed by atoms with Crippen molar-refractivity contribution in [2.45, 2.75) is 32.7 Å². The smallest absolute Gasteiger partial charge is 0.429 e. The van der Waals surface area contributed by atoms with Gasteiger partial charge in [-0.05, 0) is 65.7 Å². The number of aromatic nitrogens is 3. The molecule has 6 nitrogen and oxygen atoms in total. The van der Waals surface area contributed by atoms with Crippen molar-refractivity contribution in [2.24, 2.45) is 0 Å². The standard InChI is InChI=1S/C28H23BrClF3N4O2S/c1-15-10-11-37(36-15)22-12-18(30)6-9-20(22)26(28(31,32)33)39-24-16(2)27(35-23-21(29)14-40-25(23)24)34-13-17-4-7-19(38-3)8-5-17/h4-12,14,26H,13H2,1-3H3,(H,34,35)/t26-/m1/s1. The summed E-state index contributed by atoms with van der Waals surface area (Å²) < 4.78 is 57.9. The lowest BCUT2D eigenvalue weighted by Gasteiger charge is -2.26. The number of alkyl halides is 3. The molecule has 0 spiro atoms. The van der Waals surface area contributed by atoms with E-state index >= 15 is 0 Å². The van der Waals surface area contributed by atoms with Crippen molar-refractivity contribution in [1.82, 2.24) is 14.8 Å². The molecule has 2 aromatic carbocycles. The van der Waals surface area contributed by atoms with E-state index < -0.39 is 12.3 Å². The number of benzene rings is 2. The SMILES string of the molecule is COc1ccc(CNc2nc3c(Br)csc3c(O[C@H](c3ccc(Cl)cc3-n3ccc(C)n3)C(F)(F)F)c2C)cc1. The predicted molar refractivity (Wildman–Crippen MR) is 155 cm³/mol. The summed E-state index contributed by atoms with van der Waals surface area (Å²) in [6.45, 7) is 3.84. The Hall–Kier alpha value is -3.28. The molecule has 0 fully saturated rings. The molecule has 0 radical (unpaired) electrons. The van der Waals surface area contributed by atoms with Gasteiger partial charge in [0.15, 0.2) is 0 Å². The second kappa shape index (κ2) is 11.3. The second-order valence-electron chi connectivity index (χ2n) is 9.02. The summed E-state index contributed by atoms with van der Waals surface area (Å²) in [4.78, 5) is 4.70. The Morgan fingerprint density at radius 2 is 1.88 bits per heavy atom. The first kappa shape index (κ1) is 28.3. The van der Waals surface area contributed by atoms with Crippen LogP contribution in [0.3, 0.4) is 0 Å². The Morgan fingerprint density at radius 1 is 1.12 bits per heavy atom. The van der Waals surface area contributed by atoms with Crippen LogP contribution in [0.15, 0.2) is 64.6 Å². The van der Waals surface area contributed by atoms with Crippen LogP contribution in [0, 0.1) is 13.8 Å². The van der Waals surface area contributed by atoms with Crippen molar-refractivity contribution in [3.05, 3.63) is 92.0 Å². The van der Waals surface area contributed by atoms with Crippen LogP contribution in [0.4, 0.5) is 19.0 Å². The monoisotopic (exact) mass is 650 g/mol. The number of nitrogens with zero attached hydrogens (tertiary/aromatic N) is 3. The minimum absolute atomic E-state index is 0.0952. The van der Waals surface area contributed by atoms with Gasteiger partial charge in [-0.15, -0.1) is 11.3 Å². The van der Waals surface area contributed by atoms with Gasteiger partial charge < -0.3 is 14.8 Å². The number of nitrogens with one attached hydrogen (secondary N) is 1. The fourth-order valence-corrected chi connectivity index (χ4v) is 6.00. The van der Waals surface area contributed by atoms with Crippen LogP contribution in [-0.2, 0) is 6.54 Å². The third kappa shape index (κ3) is 5.77. The molecule has 3 heterocycles. The van der Waals surface area contributed by atoms with E-state index in [-0.39, 0.29) is 22.0 Å². The topological polar surface area (TPSA) is 61.2 Å². The van der Waals surface area contributed by atoms with Gasteiger partial charge in [0.25, 0.3) is 0 Å². The Bertz CT molecular complexity index is 1670. The normalized spacial score (nSPS) is 12.5. The summed E-state index contributed by atoms with van der Waals surface area (Å²) >= 11 is 10.9. The number of hydrogen-bond acceptors (Lipinski definition) is 6. The van der Waals surface area contributed by atoms with E-state index in [1.807, 2.05) is 24.3 Å². The molecule has 0 bridgehead atoms. The van der Waals surface area contributed by atoms with Gasteiger partial charge in [-0.1, -0.05) is 29.8 Å². The van der Waals surface area contributed by atoms with Gasteiger partial charge in [-0.3, -0.25) is 0 Å². The number of pyridine rings is 1. The van der Waals surface area contributed by atoms with Crippen LogP contribution in [0.1, 0.15) is 28.5 Å². The fraction of sp³-hybridized carbons (Fsp3) is 0.214. The average molecular weight is 652 g/mol. The maximum absolute atomic E-state index is 14.7. The van der Waals surface area contributed by atoms with Gasteiger partial charge in [0, 0.05) is 34.3 Å². The highest BCUT2D eigenvalue weighted by Crippen LogP contribution is 2.46. The number of aryl methyl sites for hydroxylation is 1. The number of thiophene rings is 1. The second-order valence-corrected chi connectivity index (χ2v) is 11.2. The molecule has 1 atom stereocenters. The molecular formula is C28H23BrClF3N4O2S. The van der Waals surface area contributed by atoms with Crippen molar-refractivity contribution in [3.63, 3.8) is 0 Å².